The van der Waals surface area contributed by atoms with Crippen LogP contribution in [0.3, 0.4) is 0 Å². The van der Waals surface area contributed by atoms with Crippen LogP contribution in [0.1, 0.15) is 51.6 Å². The Balaban J connectivity index is 1.48. The third-order valence-electron chi connectivity index (χ3n) is 6.21. The van der Waals surface area contributed by atoms with Gasteiger partial charge >= 0.3 is 0 Å². The van der Waals surface area contributed by atoms with Crippen molar-refractivity contribution in [3.63, 3.8) is 0 Å². The Kier molecular flexibility index (Phi) is 5.15. The van der Waals surface area contributed by atoms with E-state index in [9.17, 15) is 0 Å². The van der Waals surface area contributed by atoms with Gasteiger partial charge in [0.15, 0.2) is 5.76 Å². The van der Waals surface area contributed by atoms with Gasteiger partial charge in [0.2, 0.25) is 0 Å². The minimum Gasteiger partial charge on any atom is -0.356 e. The van der Waals surface area contributed by atoms with Gasteiger partial charge < -0.3 is 9.84 Å². The van der Waals surface area contributed by atoms with Gasteiger partial charge in [0.05, 0.1) is 5.69 Å². The quantitative estimate of drug-likeness (QED) is 0.679. The van der Waals surface area contributed by atoms with Gasteiger partial charge in [-0.1, -0.05) is 31.1 Å². The van der Waals surface area contributed by atoms with Crippen molar-refractivity contribution in [2.75, 3.05) is 6.26 Å². The van der Waals surface area contributed by atoms with Crippen molar-refractivity contribution in [2.45, 2.75) is 62.9 Å². The summed E-state index contributed by atoms with van der Waals surface area (Å²) in [6.45, 7) is 5.65. The molecule has 0 radical (unpaired) electrons. The van der Waals surface area contributed by atoms with Crippen LogP contribution in [0, 0.1) is 17.8 Å². The lowest BCUT2D eigenvalue weighted by Crippen LogP contribution is -2.54. The van der Waals surface area contributed by atoms with E-state index in [4.69, 9.17) is 4.52 Å². The van der Waals surface area contributed by atoms with Crippen LogP contribution >= 0.6 is 11.8 Å². The van der Waals surface area contributed by atoms with Crippen LogP contribution in [-0.4, -0.2) is 17.0 Å². The van der Waals surface area contributed by atoms with Crippen LogP contribution in [0.5, 0.6) is 0 Å². The van der Waals surface area contributed by atoms with E-state index < -0.39 is 0 Å². The summed E-state index contributed by atoms with van der Waals surface area (Å²) in [5, 5.41) is 8.26. The number of hydrogen-bond acceptors (Lipinski definition) is 4. The van der Waals surface area contributed by atoms with Gasteiger partial charge in [-0.2, -0.15) is 0 Å². The molecule has 1 aromatic carbocycles. The third kappa shape index (κ3) is 3.72. The Hall–Kier alpha value is -1.26. The molecule has 1 heterocycles. The topological polar surface area (TPSA) is 38.1 Å². The SMILES string of the molecule is CSc1ccccc1-c1cc(CNC23CC(C)CC(CC(C)C2)C3)no1. The number of fused-ring (bicyclic) bond motifs is 2. The fraction of sp³-hybridized carbons (Fsp3) is 0.591. The highest BCUT2D eigenvalue weighted by atomic mass is 32.2. The second kappa shape index (κ2) is 7.40. The second-order valence-electron chi connectivity index (χ2n) is 8.68. The van der Waals surface area contributed by atoms with Crippen molar-refractivity contribution in [3.8, 4) is 11.3 Å². The highest BCUT2D eigenvalue weighted by molar-refractivity contribution is 7.98. The first-order valence-electron chi connectivity index (χ1n) is 9.91. The molecular formula is C22H30N2OS. The Morgan fingerprint density at radius 1 is 1.15 bits per heavy atom. The van der Waals surface area contributed by atoms with Gasteiger partial charge in [-0.3, -0.25) is 0 Å². The second-order valence-corrected chi connectivity index (χ2v) is 9.52. The number of hydrogen-bond donors (Lipinski definition) is 1. The molecule has 1 aromatic heterocycles. The monoisotopic (exact) mass is 370 g/mol. The van der Waals surface area contributed by atoms with Crippen molar-refractivity contribution in [2.24, 2.45) is 17.8 Å². The van der Waals surface area contributed by atoms with E-state index in [1.165, 1.54) is 37.0 Å². The van der Waals surface area contributed by atoms with Crippen molar-refractivity contribution in [1.29, 1.82) is 0 Å². The van der Waals surface area contributed by atoms with Gasteiger partial charge in [-0.15, -0.1) is 11.8 Å². The van der Waals surface area contributed by atoms with Crippen LogP contribution in [0.4, 0.5) is 0 Å². The van der Waals surface area contributed by atoms with Gasteiger partial charge in [-0.05, 0) is 68.2 Å². The molecule has 0 aliphatic heterocycles. The summed E-state index contributed by atoms with van der Waals surface area (Å²) in [5.74, 6) is 3.43. The summed E-state index contributed by atoms with van der Waals surface area (Å²) < 4.78 is 5.67. The van der Waals surface area contributed by atoms with Crippen molar-refractivity contribution in [1.82, 2.24) is 10.5 Å². The number of nitrogens with zero attached hydrogens (tertiary/aromatic N) is 1. The number of thioether (sulfide) groups is 1. The fourth-order valence-electron chi connectivity index (χ4n) is 5.57. The smallest absolute Gasteiger partial charge is 0.168 e. The molecule has 2 atom stereocenters. The molecule has 0 spiro atoms. The van der Waals surface area contributed by atoms with Crippen LogP contribution in [0.25, 0.3) is 11.3 Å². The van der Waals surface area contributed by atoms with Crippen molar-refractivity contribution < 1.29 is 4.52 Å². The molecule has 2 saturated carbocycles. The van der Waals surface area contributed by atoms with Crippen LogP contribution in [0.15, 0.2) is 39.8 Å². The Bertz CT molecular complexity index is 737. The molecule has 2 fully saturated rings. The first kappa shape index (κ1) is 18.1. The summed E-state index contributed by atoms with van der Waals surface area (Å²) in [5.41, 5.74) is 2.45. The predicted octanol–water partition coefficient (Wildman–Crippen LogP) is 5.76. The average Bonchev–Trinajstić information content (AvgIpc) is 3.07. The van der Waals surface area contributed by atoms with Gasteiger partial charge in [-0.25, -0.2) is 0 Å². The highest BCUT2D eigenvalue weighted by Crippen LogP contribution is 2.47. The van der Waals surface area contributed by atoms with Gasteiger partial charge in [0, 0.05) is 28.6 Å². The summed E-state index contributed by atoms with van der Waals surface area (Å²) >= 11 is 1.74. The Labute approximate surface area is 161 Å². The number of aromatic nitrogens is 1. The molecule has 4 heteroatoms. The first-order chi connectivity index (χ1) is 12.6. The van der Waals surface area contributed by atoms with E-state index >= 15 is 0 Å². The zero-order chi connectivity index (χ0) is 18.1. The maximum atomic E-state index is 5.67. The third-order valence-corrected chi connectivity index (χ3v) is 7.00. The zero-order valence-corrected chi connectivity index (χ0v) is 16.9. The first-order valence-corrected chi connectivity index (χ1v) is 11.1. The highest BCUT2D eigenvalue weighted by Gasteiger charge is 2.43. The summed E-state index contributed by atoms with van der Waals surface area (Å²) in [4.78, 5) is 1.23. The molecule has 2 aliphatic carbocycles. The Morgan fingerprint density at radius 3 is 2.62 bits per heavy atom. The molecule has 1 N–H and O–H groups in total. The number of benzene rings is 1. The van der Waals surface area contributed by atoms with Gasteiger partial charge in [0.1, 0.15) is 0 Å². The molecule has 140 valence electrons. The van der Waals surface area contributed by atoms with E-state index in [2.05, 4.69) is 60.9 Å². The van der Waals surface area contributed by atoms with Crippen molar-refractivity contribution in [3.05, 3.63) is 36.0 Å². The molecule has 3 nitrogen and oxygen atoms in total. The maximum Gasteiger partial charge on any atom is 0.168 e. The molecule has 0 saturated heterocycles. The van der Waals surface area contributed by atoms with Gasteiger partial charge in [0.25, 0.3) is 0 Å². The lowest BCUT2D eigenvalue weighted by Gasteiger charge is -2.50. The predicted molar refractivity (Wildman–Crippen MR) is 108 cm³/mol. The summed E-state index contributed by atoms with van der Waals surface area (Å²) in [6, 6.07) is 10.5. The van der Waals surface area contributed by atoms with E-state index in [1.54, 1.807) is 11.8 Å². The Morgan fingerprint density at radius 2 is 1.88 bits per heavy atom. The van der Waals surface area contributed by atoms with Crippen LogP contribution in [-0.2, 0) is 6.54 Å². The lowest BCUT2D eigenvalue weighted by molar-refractivity contribution is 0.0538. The summed E-state index contributed by atoms with van der Waals surface area (Å²) in [6.07, 6.45) is 8.85. The zero-order valence-electron chi connectivity index (χ0n) is 16.1. The molecule has 26 heavy (non-hydrogen) atoms. The molecule has 2 aliphatic rings. The average molecular weight is 371 g/mol. The fourth-order valence-corrected chi connectivity index (χ4v) is 6.17. The van der Waals surface area contributed by atoms with E-state index in [1.807, 2.05) is 0 Å². The normalized spacial score (nSPS) is 31.1. The maximum absolute atomic E-state index is 5.67. The van der Waals surface area contributed by atoms with E-state index in [-0.39, 0.29) is 0 Å². The minimum absolute atomic E-state index is 0.302. The number of nitrogens with one attached hydrogen (secondary N) is 1. The molecule has 0 amide bonds. The standard InChI is InChI=1S/C22H30N2OS/c1-15-8-17-9-16(2)12-22(11-15,13-17)23-14-18-10-20(25-24-18)19-6-4-5-7-21(19)26-3/h4-7,10,15-17,23H,8-9,11-14H2,1-3H3. The molecule has 2 aromatic rings. The van der Waals surface area contributed by atoms with E-state index in [0.717, 1.165) is 41.3 Å². The van der Waals surface area contributed by atoms with Crippen LogP contribution < -0.4 is 5.32 Å². The molecule has 2 bridgehead atoms. The molecule has 2 unspecified atom stereocenters. The molecular weight excluding hydrogens is 340 g/mol. The summed E-state index contributed by atoms with van der Waals surface area (Å²) in [7, 11) is 0. The minimum atomic E-state index is 0.302. The largest absolute Gasteiger partial charge is 0.356 e. The van der Waals surface area contributed by atoms with Crippen LogP contribution in [0.2, 0.25) is 0 Å². The molecule has 4 rings (SSSR count). The number of rotatable bonds is 5. The lowest BCUT2D eigenvalue weighted by atomic mass is 9.61. The van der Waals surface area contributed by atoms with E-state index in [0.29, 0.717) is 5.54 Å². The van der Waals surface area contributed by atoms with Crippen molar-refractivity contribution >= 4 is 11.8 Å².